The van der Waals surface area contributed by atoms with Crippen molar-refractivity contribution in [2.24, 2.45) is 0 Å². The van der Waals surface area contributed by atoms with Crippen molar-refractivity contribution in [3.05, 3.63) is 41.7 Å². The number of halogens is 5. The number of benzene rings is 1. The van der Waals surface area contributed by atoms with E-state index in [4.69, 9.17) is 28.4 Å². The summed E-state index contributed by atoms with van der Waals surface area (Å²) in [6.07, 6.45) is 1.19. The van der Waals surface area contributed by atoms with Gasteiger partial charge in [-0.25, -0.2) is 13.2 Å². The van der Waals surface area contributed by atoms with Gasteiger partial charge in [-0.2, -0.15) is 8.78 Å². The van der Waals surface area contributed by atoms with Gasteiger partial charge in [0.25, 0.3) is 0 Å². The molecule has 0 atom stereocenters. The van der Waals surface area contributed by atoms with E-state index < -0.39 is 47.2 Å². The molecule has 35 heavy (non-hydrogen) atoms. The fourth-order valence-electron chi connectivity index (χ4n) is 2.26. The summed E-state index contributed by atoms with van der Waals surface area (Å²) in [6.45, 7) is 7.37. The van der Waals surface area contributed by atoms with Gasteiger partial charge in [0.15, 0.2) is 0 Å². The molecule has 0 amide bonds. The van der Waals surface area contributed by atoms with Crippen molar-refractivity contribution in [3.63, 3.8) is 0 Å². The highest BCUT2D eigenvalue weighted by molar-refractivity contribution is 5.72. The zero-order valence-electron chi connectivity index (χ0n) is 19.1. The predicted molar refractivity (Wildman–Crippen MR) is 112 cm³/mol. The Morgan fingerprint density at radius 3 is 1.31 bits per heavy atom. The van der Waals surface area contributed by atoms with Crippen LogP contribution in [0.3, 0.4) is 0 Å². The average molecular weight is 516 g/mol. The minimum Gasteiger partial charge on any atom is -0.420 e. The Kier molecular flexibility index (Phi) is 16.8. The molecule has 0 unspecified atom stereocenters. The number of esters is 1. The van der Waals surface area contributed by atoms with Gasteiger partial charge in [0, 0.05) is 0 Å². The van der Waals surface area contributed by atoms with E-state index in [1.165, 1.54) is 0 Å². The summed E-state index contributed by atoms with van der Waals surface area (Å²) in [5.41, 5.74) is 0. The first-order valence-electron chi connectivity index (χ1n) is 10.7. The van der Waals surface area contributed by atoms with E-state index in [2.05, 4.69) is 11.3 Å². The number of carbonyl (C=O) groups excluding carboxylic acids is 1. The maximum absolute atomic E-state index is 13.5. The molecule has 0 spiro atoms. The molecule has 0 bridgehead atoms. The molecule has 13 heteroatoms. The Morgan fingerprint density at radius 1 is 0.571 bits per heavy atom. The van der Waals surface area contributed by atoms with Crippen molar-refractivity contribution in [3.8, 4) is 5.75 Å². The fraction of sp³-hybridized carbons (Fsp3) is 0.591. The predicted octanol–water partition coefficient (Wildman–Crippen LogP) is 2.96. The van der Waals surface area contributed by atoms with E-state index in [1.807, 2.05) is 0 Å². The lowest BCUT2D eigenvalue weighted by Crippen LogP contribution is -2.16. The van der Waals surface area contributed by atoms with Crippen LogP contribution < -0.4 is 4.74 Å². The molecule has 1 rings (SSSR count). The monoisotopic (exact) mass is 516 g/mol. The second kappa shape index (κ2) is 19.1. The van der Waals surface area contributed by atoms with Crippen molar-refractivity contribution in [2.45, 2.75) is 6.42 Å². The first kappa shape index (κ1) is 30.9. The van der Waals surface area contributed by atoms with Gasteiger partial charge in [0.2, 0.25) is 34.8 Å². The van der Waals surface area contributed by atoms with E-state index in [1.54, 1.807) is 6.08 Å². The van der Waals surface area contributed by atoms with Gasteiger partial charge in [-0.05, 0) is 0 Å². The molecule has 0 heterocycles. The van der Waals surface area contributed by atoms with Gasteiger partial charge >= 0.3 is 5.97 Å². The molecule has 8 nitrogen and oxygen atoms in total. The third-order valence-corrected chi connectivity index (χ3v) is 3.93. The van der Waals surface area contributed by atoms with Crippen LogP contribution in [0.5, 0.6) is 5.75 Å². The van der Waals surface area contributed by atoms with Crippen molar-refractivity contribution in [1.29, 1.82) is 0 Å². The SMILES string of the molecule is C=CCOCCOCCOCCOCCOCCOCCC(=O)Oc1c(F)c(F)c(F)c(F)c1F. The minimum atomic E-state index is -2.34. The van der Waals surface area contributed by atoms with Gasteiger partial charge in [0.05, 0.1) is 85.7 Å². The van der Waals surface area contributed by atoms with E-state index in [0.29, 0.717) is 59.5 Å². The van der Waals surface area contributed by atoms with Crippen molar-refractivity contribution < 1.29 is 59.9 Å². The average Bonchev–Trinajstić information content (AvgIpc) is 2.85. The van der Waals surface area contributed by atoms with Gasteiger partial charge in [0.1, 0.15) is 0 Å². The van der Waals surface area contributed by atoms with E-state index in [-0.39, 0.29) is 19.8 Å². The molecular weight excluding hydrogens is 487 g/mol. The molecule has 0 saturated carbocycles. The summed E-state index contributed by atoms with van der Waals surface area (Å²) in [4.78, 5) is 11.6. The summed E-state index contributed by atoms with van der Waals surface area (Å²) in [5.74, 6) is -14.1. The second-order valence-corrected chi connectivity index (χ2v) is 6.55. The van der Waals surface area contributed by atoms with Crippen molar-refractivity contribution in [2.75, 3.05) is 79.3 Å². The number of rotatable bonds is 21. The Hall–Kier alpha value is -2.16. The second-order valence-electron chi connectivity index (χ2n) is 6.55. The van der Waals surface area contributed by atoms with Crippen molar-refractivity contribution in [1.82, 2.24) is 0 Å². The van der Waals surface area contributed by atoms with Crippen LogP contribution in [0.15, 0.2) is 12.7 Å². The third kappa shape index (κ3) is 12.9. The molecule has 1 aromatic rings. The zero-order chi connectivity index (χ0) is 25.9. The maximum Gasteiger partial charge on any atom is 0.313 e. The van der Waals surface area contributed by atoms with E-state index >= 15 is 0 Å². The molecule has 0 aromatic heterocycles. The van der Waals surface area contributed by atoms with Crippen LogP contribution in [-0.4, -0.2) is 85.3 Å². The highest BCUT2D eigenvalue weighted by Crippen LogP contribution is 2.29. The van der Waals surface area contributed by atoms with Gasteiger partial charge in [-0.15, -0.1) is 6.58 Å². The van der Waals surface area contributed by atoms with Gasteiger partial charge in [-0.3, -0.25) is 4.79 Å². The fourth-order valence-corrected chi connectivity index (χ4v) is 2.26. The third-order valence-electron chi connectivity index (χ3n) is 3.93. The molecule has 0 aliphatic heterocycles. The maximum atomic E-state index is 13.5. The molecule has 200 valence electrons. The lowest BCUT2D eigenvalue weighted by Gasteiger charge is -2.09. The summed E-state index contributed by atoms with van der Waals surface area (Å²) < 4.78 is 102. The molecule has 0 N–H and O–H groups in total. The molecule has 0 radical (unpaired) electrons. The number of ether oxygens (including phenoxy) is 7. The topological polar surface area (TPSA) is 81.7 Å². The molecular formula is C22H29F5O8. The number of carbonyl (C=O) groups is 1. The summed E-state index contributed by atoms with van der Waals surface area (Å²) in [5, 5.41) is 0. The largest absolute Gasteiger partial charge is 0.420 e. The lowest BCUT2D eigenvalue weighted by molar-refractivity contribution is -0.136. The minimum absolute atomic E-state index is 0.0948. The van der Waals surface area contributed by atoms with Gasteiger partial charge < -0.3 is 33.2 Å². The van der Waals surface area contributed by atoms with Crippen LogP contribution in [0, 0.1) is 29.1 Å². The Balaban J connectivity index is 1.94. The number of hydrogen-bond donors (Lipinski definition) is 0. The highest BCUT2D eigenvalue weighted by atomic mass is 19.2. The Labute approximate surface area is 199 Å². The van der Waals surface area contributed by atoms with Gasteiger partial charge in [-0.1, -0.05) is 6.08 Å². The normalized spacial score (nSPS) is 11.1. The first-order chi connectivity index (χ1) is 16.9. The van der Waals surface area contributed by atoms with Crippen LogP contribution in [0.1, 0.15) is 6.42 Å². The summed E-state index contributed by atoms with van der Waals surface area (Å²) >= 11 is 0. The first-order valence-corrected chi connectivity index (χ1v) is 10.7. The van der Waals surface area contributed by atoms with Crippen LogP contribution in [0.25, 0.3) is 0 Å². The standard InChI is InChI=1S/C22H29F5O8/c1-2-4-29-6-8-31-10-12-33-14-15-34-13-11-32-9-7-30-5-3-16(28)35-22-20(26)18(24)17(23)19(25)21(22)27/h2H,1,3-15H2. The molecule has 0 saturated heterocycles. The summed E-state index contributed by atoms with van der Waals surface area (Å²) in [7, 11) is 0. The van der Waals surface area contributed by atoms with Crippen LogP contribution in [0.2, 0.25) is 0 Å². The Morgan fingerprint density at radius 2 is 0.914 bits per heavy atom. The lowest BCUT2D eigenvalue weighted by atomic mass is 10.2. The zero-order valence-corrected chi connectivity index (χ0v) is 19.1. The highest BCUT2D eigenvalue weighted by Gasteiger charge is 2.28. The number of hydrogen-bond acceptors (Lipinski definition) is 8. The quantitative estimate of drug-likeness (QED) is 0.0470. The molecule has 0 aliphatic rings. The molecule has 0 fully saturated rings. The summed E-state index contributed by atoms with van der Waals surface area (Å²) in [6, 6.07) is 0. The van der Waals surface area contributed by atoms with Crippen LogP contribution >= 0.6 is 0 Å². The van der Waals surface area contributed by atoms with Crippen LogP contribution in [0.4, 0.5) is 22.0 Å². The van der Waals surface area contributed by atoms with E-state index in [9.17, 15) is 26.7 Å². The van der Waals surface area contributed by atoms with Crippen LogP contribution in [-0.2, 0) is 33.2 Å². The van der Waals surface area contributed by atoms with E-state index in [0.717, 1.165) is 0 Å². The Bertz CT molecular complexity index is 737. The molecule has 0 aliphatic carbocycles. The smallest absolute Gasteiger partial charge is 0.313 e. The molecule has 1 aromatic carbocycles. The van der Waals surface area contributed by atoms with Crippen molar-refractivity contribution >= 4 is 5.97 Å².